The van der Waals surface area contributed by atoms with Gasteiger partial charge in [-0.05, 0) is 30.7 Å². The molecule has 5 heteroatoms. The van der Waals surface area contributed by atoms with Gasteiger partial charge in [0.2, 0.25) is 5.91 Å². The van der Waals surface area contributed by atoms with Gasteiger partial charge in [0.15, 0.2) is 0 Å². The summed E-state index contributed by atoms with van der Waals surface area (Å²) in [4.78, 5) is 22.2. The molecular weight excluding hydrogens is 306 g/mol. The Morgan fingerprint density at radius 1 is 1.09 bits per heavy atom. The summed E-state index contributed by atoms with van der Waals surface area (Å²) in [6.07, 6.45) is 1.81. The fourth-order valence-corrected chi connectivity index (χ4v) is 3.61. The van der Waals surface area contributed by atoms with Gasteiger partial charge in [0.25, 0.3) is 0 Å². The Morgan fingerprint density at radius 2 is 1.83 bits per heavy atom. The largest absolute Gasteiger partial charge is 0.353 e. The predicted molar refractivity (Wildman–Crippen MR) is 94.9 cm³/mol. The molecule has 0 atom stereocenters. The van der Waals surface area contributed by atoms with E-state index in [0.717, 1.165) is 32.0 Å². The Hall–Kier alpha value is -2.01. The number of thioether (sulfide) groups is 1. The van der Waals surface area contributed by atoms with Crippen LogP contribution in [0.5, 0.6) is 0 Å². The van der Waals surface area contributed by atoms with Crippen molar-refractivity contribution in [1.29, 1.82) is 0 Å². The topological polar surface area (TPSA) is 36.4 Å². The molecule has 23 heavy (non-hydrogen) atoms. The number of amides is 1. The summed E-state index contributed by atoms with van der Waals surface area (Å²) in [5.41, 5.74) is 1.23. The molecule has 0 aliphatic carbocycles. The van der Waals surface area contributed by atoms with E-state index in [2.05, 4.69) is 28.9 Å². The van der Waals surface area contributed by atoms with Crippen LogP contribution in [0.3, 0.4) is 0 Å². The first-order valence-electron chi connectivity index (χ1n) is 7.86. The second-order valence-corrected chi connectivity index (χ2v) is 6.63. The number of aryl methyl sites for hydroxylation is 1. The molecule has 0 N–H and O–H groups in total. The quantitative estimate of drug-likeness (QED) is 0.809. The van der Waals surface area contributed by atoms with Crippen LogP contribution in [0.25, 0.3) is 0 Å². The van der Waals surface area contributed by atoms with E-state index in [9.17, 15) is 4.79 Å². The highest BCUT2D eigenvalue weighted by molar-refractivity contribution is 8.00. The molecule has 1 saturated heterocycles. The first-order chi connectivity index (χ1) is 11.2. The molecule has 2 heterocycles. The average Bonchev–Trinajstić information content (AvgIpc) is 2.62. The third-order valence-corrected chi connectivity index (χ3v) is 5.21. The zero-order chi connectivity index (χ0) is 16.1. The Kier molecular flexibility index (Phi) is 5.18. The number of pyridine rings is 1. The van der Waals surface area contributed by atoms with Crippen LogP contribution in [0.2, 0.25) is 0 Å². The van der Waals surface area contributed by atoms with E-state index in [0.29, 0.717) is 5.75 Å². The van der Waals surface area contributed by atoms with Gasteiger partial charge in [-0.1, -0.05) is 24.3 Å². The highest BCUT2D eigenvalue weighted by atomic mass is 32.2. The number of aromatic nitrogens is 1. The van der Waals surface area contributed by atoms with Crippen LogP contribution in [0, 0.1) is 6.92 Å². The van der Waals surface area contributed by atoms with Crippen molar-refractivity contribution >= 4 is 23.5 Å². The summed E-state index contributed by atoms with van der Waals surface area (Å²) in [5.74, 6) is 1.72. The predicted octanol–water partition coefficient (Wildman–Crippen LogP) is 2.83. The minimum Gasteiger partial charge on any atom is -0.353 e. The number of carbonyl (C=O) groups excluding carboxylic acids is 1. The molecule has 1 fully saturated rings. The summed E-state index contributed by atoms with van der Waals surface area (Å²) < 4.78 is 0. The Bertz CT molecular complexity index is 654. The smallest absolute Gasteiger partial charge is 0.233 e. The minimum absolute atomic E-state index is 0.221. The second kappa shape index (κ2) is 7.51. The molecule has 120 valence electrons. The SMILES string of the molecule is Cc1ccccc1SCC(=O)N1CCN(c2ccccn2)CC1. The van der Waals surface area contributed by atoms with Crippen molar-refractivity contribution < 1.29 is 4.79 Å². The summed E-state index contributed by atoms with van der Waals surface area (Å²) in [6, 6.07) is 14.1. The molecule has 0 radical (unpaired) electrons. The van der Waals surface area contributed by atoms with Gasteiger partial charge in [-0.2, -0.15) is 0 Å². The third kappa shape index (κ3) is 4.05. The fraction of sp³-hybridized carbons (Fsp3) is 0.333. The van der Waals surface area contributed by atoms with Gasteiger partial charge >= 0.3 is 0 Å². The molecular formula is C18H21N3OS. The molecule has 1 aromatic heterocycles. The highest BCUT2D eigenvalue weighted by Crippen LogP contribution is 2.22. The number of benzene rings is 1. The van der Waals surface area contributed by atoms with Gasteiger partial charge in [0.05, 0.1) is 5.75 Å². The summed E-state index contributed by atoms with van der Waals surface area (Å²) in [6.45, 7) is 5.31. The zero-order valence-corrected chi connectivity index (χ0v) is 14.1. The molecule has 0 unspecified atom stereocenters. The van der Waals surface area contributed by atoms with Crippen LogP contribution in [0.4, 0.5) is 5.82 Å². The first-order valence-corrected chi connectivity index (χ1v) is 8.85. The molecule has 0 saturated carbocycles. The molecule has 0 spiro atoms. The van der Waals surface area contributed by atoms with E-state index in [1.54, 1.807) is 11.8 Å². The number of nitrogens with zero attached hydrogens (tertiary/aromatic N) is 3. The van der Waals surface area contributed by atoms with E-state index in [4.69, 9.17) is 0 Å². The number of hydrogen-bond acceptors (Lipinski definition) is 4. The van der Waals surface area contributed by atoms with E-state index in [1.807, 2.05) is 41.4 Å². The van der Waals surface area contributed by atoms with Crippen LogP contribution in [0.1, 0.15) is 5.56 Å². The van der Waals surface area contributed by atoms with Crippen molar-refractivity contribution in [2.75, 3.05) is 36.8 Å². The second-order valence-electron chi connectivity index (χ2n) is 5.61. The average molecular weight is 327 g/mol. The van der Waals surface area contributed by atoms with Crippen molar-refractivity contribution in [1.82, 2.24) is 9.88 Å². The molecule has 2 aromatic rings. The molecule has 1 aliphatic rings. The Balaban J connectivity index is 1.50. The van der Waals surface area contributed by atoms with Gasteiger partial charge in [-0.15, -0.1) is 11.8 Å². The monoisotopic (exact) mass is 327 g/mol. The summed E-state index contributed by atoms with van der Waals surface area (Å²) in [7, 11) is 0. The lowest BCUT2D eigenvalue weighted by Gasteiger charge is -2.35. The molecule has 0 bridgehead atoms. The van der Waals surface area contributed by atoms with Crippen molar-refractivity contribution in [3.8, 4) is 0 Å². The lowest BCUT2D eigenvalue weighted by Crippen LogP contribution is -2.49. The zero-order valence-electron chi connectivity index (χ0n) is 13.3. The number of hydrogen-bond donors (Lipinski definition) is 0. The van der Waals surface area contributed by atoms with E-state index < -0.39 is 0 Å². The van der Waals surface area contributed by atoms with Crippen molar-refractivity contribution in [3.63, 3.8) is 0 Å². The lowest BCUT2D eigenvalue weighted by atomic mass is 10.2. The van der Waals surface area contributed by atoms with E-state index >= 15 is 0 Å². The van der Waals surface area contributed by atoms with Crippen LogP contribution in [0.15, 0.2) is 53.6 Å². The molecule has 4 nitrogen and oxygen atoms in total. The van der Waals surface area contributed by atoms with Crippen LogP contribution < -0.4 is 4.90 Å². The van der Waals surface area contributed by atoms with E-state index in [1.165, 1.54) is 10.5 Å². The number of anilines is 1. The lowest BCUT2D eigenvalue weighted by molar-refractivity contribution is -0.128. The van der Waals surface area contributed by atoms with Crippen molar-refractivity contribution in [2.45, 2.75) is 11.8 Å². The van der Waals surface area contributed by atoms with Crippen LogP contribution in [-0.2, 0) is 4.79 Å². The molecule has 1 aromatic carbocycles. The molecule has 1 amide bonds. The maximum absolute atomic E-state index is 12.4. The van der Waals surface area contributed by atoms with Crippen molar-refractivity contribution in [2.24, 2.45) is 0 Å². The number of carbonyl (C=O) groups is 1. The van der Waals surface area contributed by atoms with Crippen LogP contribution >= 0.6 is 11.8 Å². The van der Waals surface area contributed by atoms with Crippen molar-refractivity contribution in [3.05, 3.63) is 54.2 Å². The van der Waals surface area contributed by atoms with Gasteiger partial charge in [0, 0.05) is 37.3 Å². The van der Waals surface area contributed by atoms with Gasteiger partial charge in [0.1, 0.15) is 5.82 Å². The maximum atomic E-state index is 12.4. The highest BCUT2D eigenvalue weighted by Gasteiger charge is 2.21. The first kappa shape index (κ1) is 15.9. The van der Waals surface area contributed by atoms with Crippen LogP contribution in [-0.4, -0.2) is 47.7 Å². The third-order valence-electron chi connectivity index (χ3n) is 4.05. The number of rotatable bonds is 4. The summed E-state index contributed by atoms with van der Waals surface area (Å²) >= 11 is 1.63. The maximum Gasteiger partial charge on any atom is 0.233 e. The normalized spacial score (nSPS) is 14.8. The summed E-state index contributed by atoms with van der Waals surface area (Å²) in [5, 5.41) is 0. The minimum atomic E-state index is 0.221. The van der Waals surface area contributed by atoms with E-state index in [-0.39, 0.29) is 5.91 Å². The Morgan fingerprint density at radius 3 is 2.52 bits per heavy atom. The van der Waals surface area contributed by atoms with Gasteiger partial charge < -0.3 is 9.80 Å². The van der Waals surface area contributed by atoms with Gasteiger partial charge in [-0.25, -0.2) is 4.98 Å². The molecule has 1 aliphatic heterocycles. The molecule has 3 rings (SSSR count). The van der Waals surface area contributed by atoms with Gasteiger partial charge in [-0.3, -0.25) is 4.79 Å². The fourth-order valence-electron chi connectivity index (χ4n) is 2.67. The standard InChI is InChI=1S/C18H21N3OS/c1-15-6-2-3-7-16(15)23-14-18(22)21-12-10-20(11-13-21)17-8-4-5-9-19-17/h2-9H,10-14H2,1H3. The number of piperazine rings is 1. The Labute approximate surface area is 141 Å².